The van der Waals surface area contributed by atoms with E-state index in [0.717, 1.165) is 77.0 Å². The molecule has 648 valence electrons. The molecule has 0 rings (SSSR count). The standard InChI is InChI=1S/2C42H79O12P.Mg/c2*1-7-9-11-13-15-17-19-21-23-25-27-29-39(43)49-31-37(53-40(44)30-28-26-24-22-20-18-16-14-12-10-8-2)33-51-55(47,48)52-34-38(54-42(46)36(5)6)32-50-41(45)35(3)4;/h2*35-38H,7-34H2,1-6H3,(H,47,48);/q;;+2/p-2/t2*37-,38?;/m11./s1. The van der Waals surface area contributed by atoms with E-state index in [1.807, 2.05) is 0 Å². The maximum absolute atomic E-state index is 12.7. The van der Waals surface area contributed by atoms with Crippen molar-refractivity contribution in [2.75, 3.05) is 52.9 Å². The van der Waals surface area contributed by atoms with Gasteiger partial charge < -0.3 is 65.8 Å². The van der Waals surface area contributed by atoms with Crippen molar-refractivity contribution in [2.24, 2.45) is 23.7 Å². The molecule has 4 unspecified atom stereocenters. The van der Waals surface area contributed by atoms with Crippen LogP contribution >= 0.6 is 15.6 Å². The number of rotatable bonds is 76. The van der Waals surface area contributed by atoms with Gasteiger partial charge in [-0.2, -0.15) is 0 Å². The van der Waals surface area contributed by atoms with E-state index in [-0.39, 0.29) is 61.9 Å². The van der Waals surface area contributed by atoms with Gasteiger partial charge in [0.2, 0.25) is 0 Å². The Labute approximate surface area is 688 Å². The van der Waals surface area contributed by atoms with Crippen LogP contribution in [0.15, 0.2) is 0 Å². The number of esters is 8. The Kier molecular flexibility index (Phi) is 77.3. The maximum atomic E-state index is 12.7. The monoisotopic (exact) mass is 1640 g/mol. The van der Waals surface area contributed by atoms with Crippen molar-refractivity contribution in [3.05, 3.63) is 0 Å². The van der Waals surface area contributed by atoms with Gasteiger partial charge in [0.25, 0.3) is 15.6 Å². The van der Waals surface area contributed by atoms with Crippen LogP contribution in [0.3, 0.4) is 0 Å². The second-order valence-corrected chi connectivity index (χ2v) is 33.6. The van der Waals surface area contributed by atoms with Crippen LogP contribution in [0.2, 0.25) is 0 Å². The molecule has 0 radical (unpaired) electrons. The van der Waals surface area contributed by atoms with Crippen LogP contribution in [0.4, 0.5) is 0 Å². The fraction of sp³-hybridized carbons (Fsp3) is 0.905. The summed E-state index contributed by atoms with van der Waals surface area (Å²) in [7, 11) is -10.1. The zero-order chi connectivity index (χ0) is 82.3. The van der Waals surface area contributed by atoms with Crippen molar-refractivity contribution in [3.8, 4) is 0 Å². The number of unbranched alkanes of at least 4 members (excludes halogenated alkanes) is 40. The smallest absolute Gasteiger partial charge is 0.756 e. The first-order chi connectivity index (χ1) is 52.6. The Morgan fingerprint density at radius 1 is 0.234 bits per heavy atom. The zero-order valence-electron chi connectivity index (χ0n) is 71.6. The van der Waals surface area contributed by atoms with Gasteiger partial charge >= 0.3 is 70.8 Å². The second kappa shape index (κ2) is 76.7. The Bertz CT molecular complexity index is 2240. The van der Waals surface area contributed by atoms with E-state index >= 15 is 0 Å². The quantitative estimate of drug-likeness (QED) is 0.0179. The number of ether oxygens (including phenoxy) is 8. The summed E-state index contributed by atoms with van der Waals surface area (Å²) in [5, 5.41) is 0. The van der Waals surface area contributed by atoms with Crippen LogP contribution in [0.1, 0.15) is 391 Å². The van der Waals surface area contributed by atoms with Gasteiger partial charge in [0.15, 0.2) is 24.4 Å². The maximum Gasteiger partial charge on any atom is 2.00 e. The van der Waals surface area contributed by atoms with Crippen LogP contribution in [-0.2, 0) is 103 Å². The molecule has 0 bridgehead atoms. The van der Waals surface area contributed by atoms with Gasteiger partial charge in [0.1, 0.15) is 26.4 Å². The molecule has 111 heavy (non-hydrogen) atoms. The molecule has 0 N–H and O–H groups in total. The Hall–Kier alpha value is -3.25. The van der Waals surface area contributed by atoms with E-state index in [2.05, 4.69) is 27.7 Å². The fourth-order valence-electron chi connectivity index (χ4n) is 11.3. The molecule has 0 spiro atoms. The van der Waals surface area contributed by atoms with E-state index in [0.29, 0.717) is 25.7 Å². The number of carbonyl (C=O) groups excluding carboxylic acids is 8. The molecule has 0 aromatic carbocycles. The molecule has 6 atom stereocenters. The van der Waals surface area contributed by atoms with Crippen LogP contribution in [0, 0.1) is 23.7 Å². The van der Waals surface area contributed by atoms with Crippen LogP contribution in [-0.4, -0.2) is 148 Å². The number of carbonyl (C=O) groups is 8. The molecule has 0 aliphatic carbocycles. The van der Waals surface area contributed by atoms with Gasteiger partial charge in [0.05, 0.1) is 50.1 Å². The summed E-state index contributed by atoms with van der Waals surface area (Å²) in [6.45, 7) is 17.6. The first kappa shape index (κ1) is 112. The Balaban J connectivity index is -0.00000208. The summed E-state index contributed by atoms with van der Waals surface area (Å²) in [5.74, 6) is -6.30. The Morgan fingerprint density at radius 3 is 0.604 bits per heavy atom. The minimum atomic E-state index is -5.03. The number of phosphoric acid groups is 2. The molecule has 0 amide bonds. The van der Waals surface area contributed by atoms with Crippen molar-refractivity contribution < 1.29 is 113 Å². The largest absolute Gasteiger partial charge is 2.00 e. The molecule has 0 aliphatic heterocycles. The average Bonchev–Trinajstić information content (AvgIpc) is 0.896. The van der Waals surface area contributed by atoms with Gasteiger partial charge in [-0.3, -0.25) is 47.5 Å². The minimum Gasteiger partial charge on any atom is -0.756 e. The summed E-state index contributed by atoms with van der Waals surface area (Å²) in [6, 6.07) is 0. The molecule has 0 aliphatic rings. The molecule has 0 aromatic heterocycles. The summed E-state index contributed by atoms with van der Waals surface area (Å²) in [6.07, 6.45) is 46.1. The summed E-state index contributed by atoms with van der Waals surface area (Å²) in [5.41, 5.74) is 0. The topological polar surface area (TPSA) is 328 Å². The van der Waals surface area contributed by atoms with Gasteiger partial charge in [0, 0.05) is 25.7 Å². The van der Waals surface area contributed by atoms with Crippen molar-refractivity contribution in [1.29, 1.82) is 0 Å². The zero-order valence-corrected chi connectivity index (χ0v) is 74.8. The second-order valence-electron chi connectivity index (χ2n) is 30.8. The SMILES string of the molecule is CCCCCCCCCCCCCC(=O)OC[C@H](COP(=O)([O-])OCC(COC(=O)C(C)C)OC(=O)C(C)C)OC(=O)CCCCCCCCCCCCC.CCCCCCCCCCCCCC(=O)OC[C@H](COP(=O)([O-])OCC(COC(=O)C(C)C)OC(=O)C(C)C)OC(=O)CCCCCCCCCCCCC.[Mg+2]. The number of phosphoric ester groups is 2. The average molecular weight is 1640 g/mol. The summed E-state index contributed by atoms with van der Waals surface area (Å²) in [4.78, 5) is 124. The van der Waals surface area contributed by atoms with E-state index < -0.39 is 151 Å². The third-order valence-electron chi connectivity index (χ3n) is 18.3. The third-order valence-corrected chi connectivity index (χ3v) is 20.2. The predicted molar refractivity (Wildman–Crippen MR) is 432 cm³/mol. The van der Waals surface area contributed by atoms with Crippen molar-refractivity contribution in [1.82, 2.24) is 0 Å². The fourth-order valence-corrected chi connectivity index (χ4v) is 12.8. The van der Waals surface area contributed by atoms with Gasteiger partial charge in [-0.25, -0.2) is 0 Å². The molecular weight excluding hydrogens is 1480 g/mol. The summed E-state index contributed by atoms with van der Waals surface area (Å²) >= 11 is 0. The molecular formula is C84H156MgO24P2. The Morgan fingerprint density at radius 2 is 0.405 bits per heavy atom. The van der Waals surface area contributed by atoms with Crippen LogP contribution in [0.5, 0.6) is 0 Å². The number of hydrogen-bond donors (Lipinski definition) is 0. The van der Waals surface area contributed by atoms with E-state index in [1.165, 1.54) is 180 Å². The van der Waals surface area contributed by atoms with E-state index in [9.17, 15) is 57.3 Å². The van der Waals surface area contributed by atoms with Crippen molar-refractivity contribution >= 4 is 86.5 Å². The van der Waals surface area contributed by atoms with Crippen LogP contribution in [0.25, 0.3) is 0 Å². The van der Waals surface area contributed by atoms with Crippen molar-refractivity contribution in [3.63, 3.8) is 0 Å². The molecule has 27 heteroatoms. The molecule has 0 saturated carbocycles. The molecule has 0 fully saturated rings. The predicted octanol–water partition coefficient (Wildman–Crippen LogP) is 19.8. The summed E-state index contributed by atoms with van der Waals surface area (Å²) < 4.78 is 88.0. The minimum absolute atomic E-state index is 0. The molecule has 0 heterocycles. The van der Waals surface area contributed by atoms with Gasteiger partial charge in [-0.15, -0.1) is 0 Å². The van der Waals surface area contributed by atoms with E-state index in [1.54, 1.807) is 55.4 Å². The number of hydrogen-bond acceptors (Lipinski definition) is 24. The molecule has 0 aromatic rings. The van der Waals surface area contributed by atoms with Crippen molar-refractivity contribution in [2.45, 2.75) is 416 Å². The first-order valence-corrected chi connectivity index (χ1v) is 46.2. The molecule has 0 saturated heterocycles. The van der Waals surface area contributed by atoms with Gasteiger partial charge in [-0.05, 0) is 25.7 Å². The first-order valence-electron chi connectivity index (χ1n) is 43.3. The third kappa shape index (κ3) is 75.3. The normalized spacial score (nSPS) is 13.6. The molecule has 24 nitrogen and oxygen atoms in total. The van der Waals surface area contributed by atoms with E-state index in [4.69, 9.17) is 56.0 Å². The van der Waals surface area contributed by atoms with Crippen LogP contribution < -0.4 is 9.79 Å². The van der Waals surface area contributed by atoms with Gasteiger partial charge in [-0.1, -0.05) is 340 Å².